The number of carbonyl (C=O) groups is 2. The van der Waals surface area contributed by atoms with Crippen LogP contribution in [-0.4, -0.2) is 103 Å². The van der Waals surface area contributed by atoms with E-state index in [4.69, 9.17) is 14.2 Å². The maximum absolute atomic E-state index is 14.4. The Kier molecular flexibility index (Phi) is 8.87. The van der Waals surface area contributed by atoms with Gasteiger partial charge in [-0.15, -0.1) is 0 Å². The van der Waals surface area contributed by atoms with Gasteiger partial charge in [0, 0.05) is 76.4 Å². The molecule has 1 aromatic heterocycles. The number of nitrogens with one attached hydrogen (secondary N) is 1. The molecule has 13 heteroatoms. The molecule has 0 bridgehead atoms. The summed E-state index contributed by atoms with van der Waals surface area (Å²) < 4.78 is 56.6. The average Bonchev–Trinajstić information content (AvgIpc) is 3.52. The van der Waals surface area contributed by atoms with Gasteiger partial charge in [-0.3, -0.25) is 9.78 Å². The lowest BCUT2D eigenvalue weighted by Gasteiger charge is -2.37. The number of likely N-dealkylation sites (tertiary alicyclic amines) is 1. The molecule has 5 heterocycles. The first-order valence-electron chi connectivity index (χ1n) is 15.5. The number of aliphatic hydroxyl groups excluding tert-OH is 1. The smallest absolute Gasteiger partial charge is 0.417 e. The fraction of sp³-hybridized carbons (Fsp3) is 0.767. The van der Waals surface area contributed by atoms with E-state index in [1.54, 1.807) is 9.80 Å². The Balaban J connectivity index is 1.16. The molecule has 0 radical (unpaired) electrons. The second-order valence-corrected chi connectivity index (χ2v) is 12.8. The summed E-state index contributed by atoms with van der Waals surface area (Å²) in [6.45, 7) is 3.55. The van der Waals surface area contributed by atoms with Crippen molar-refractivity contribution in [3.8, 4) is 0 Å². The summed E-state index contributed by atoms with van der Waals surface area (Å²) in [5.74, 6) is 0.183. The topological polar surface area (TPSA) is 113 Å². The number of alkyl halides is 3. The van der Waals surface area contributed by atoms with E-state index in [-0.39, 0.29) is 43.6 Å². The molecule has 0 aromatic carbocycles. The van der Waals surface area contributed by atoms with Crippen molar-refractivity contribution in [1.29, 1.82) is 0 Å². The molecule has 5 aliphatic rings. The van der Waals surface area contributed by atoms with Crippen LogP contribution in [0.15, 0.2) is 12.3 Å². The number of aromatic nitrogens is 1. The lowest BCUT2D eigenvalue weighted by atomic mass is 9.78. The third-order valence-electron chi connectivity index (χ3n) is 10.1. The van der Waals surface area contributed by atoms with Crippen molar-refractivity contribution in [3.63, 3.8) is 0 Å². The summed E-state index contributed by atoms with van der Waals surface area (Å²) in [5, 5.41) is 14.0. The fourth-order valence-electron chi connectivity index (χ4n) is 7.70. The van der Waals surface area contributed by atoms with Crippen molar-refractivity contribution in [2.45, 2.75) is 75.9 Å². The first-order valence-corrected chi connectivity index (χ1v) is 15.5. The van der Waals surface area contributed by atoms with E-state index in [1.165, 1.54) is 0 Å². The van der Waals surface area contributed by atoms with Crippen LogP contribution in [-0.2, 0) is 38.1 Å². The van der Waals surface area contributed by atoms with Gasteiger partial charge in [0.1, 0.15) is 0 Å². The van der Waals surface area contributed by atoms with Gasteiger partial charge in [0.2, 0.25) is 5.91 Å². The molecule has 5 atom stereocenters. The highest BCUT2D eigenvalue weighted by Crippen LogP contribution is 2.51. The minimum atomic E-state index is -4.52. The Morgan fingerprint density at radius 2 is 1.95 bits per heavy atom. The van der Waals surface area contributed by atoms with E-state index >= 15 is 0 Å². The lowest BCUT2D eigenvalue weighted by Crippen LogP contribution is -2.52. The minimum absolute atomic E-state index is 0.0473. The van der Waals surface area contributed by atoms with Crippen molar-refractivity contribution < 1.29 is 42.1 Å². The van der Waals surface area contributed by atoms with E-state index in [0.717, 1.165) is 44.7 Å². The number of carbonyl (C=O) groups excluding carboxylic acids is 2. The molecule has 2 amide bonds. The molecule has 0 spiro atoms. The predicted octanol–water partition coefficient (Wildman–Crippen LogP) is 2.76. The number of hydrogen-bond acceptors (Lipinski definition) is 8. The van der Waals surface area contributed by atoms with Gasteiger partial charge < -0.3 is 34.4 Å². The van der Waals surface area contributed by atoms with Crippen molar-refractivity contribution in [1.82, 2.24) is 20.1 Å². The number of pyridine rings is 1. The second kappa shape index (κ2) is 12.5. The second-order valence-electron chi connectivity index (χ2n) is 12.8. The highest BCUT2D eigenvalue weighted by Gasteiger charge is 2.60. The molecule has 10 nitrogen and oxygen atoms in total. The van der Waals surface area contributed by atoms with Crippen LogP contribution in [0.5, 0.6) is 0 Å². The molecule has 0 unspecified atom stereocenters. The number of amides is 2. The quantitative estimate of drug-likeness (QED) is 0.506. The monoisotopic (exact) mass is 610 g/mol. The first-order chi connectivity index (χ1) is 20.6. The van der Waals surface area contributed by atoms with E-state index in [0.29, 0.717) is 69.2 Å². The normalized spacial score (nSPS) is 31.5. The van der Waals surface area contributed by atoms with Crippen LogP contribution in [0, 0.1) is 17.3 Å². The standard InChI is InChI=1S/C30H41F3N4O6/c31-30(32,33)21-11-20-15-36(6-1-24(20)34-14-21)27(39)29-13-23(35-25-5-9-42-17-26(25)38)12-22(29)16-37(18-29)28(40)43-10-4-19-2-7-41-8-3-19/h11,14,19,22-23,25-26,35,38H,1-10,12-13,15-18H2/t22-,23+,25-,26+,29-/m1/s1. The Morgan fingerprint density at radius 3 is 2.72 bits per heavy atom. The van der Waals surface area contributed by atoms with Crippen LogP contribution in [0.25, 0.3) is 0 Å². The number of fused-ring (bicyclic) bond motifs is 2. The summed E-state index contributed by atoms with van der Waals surface area (Å²) in [5.41, 5.74) is -0.734. The molecule has 1 aliphatic carbocycles. The largest absolute Gasteiger partial charge is 0.449 e. The van der Waals surface area contributed by atoms with Gasteiger partial charge in [-0.25, -0.2) is 4.79 Å². The molecule has 2 N–H and O–H groups in total. The van der Waals surface area contributed by atoms with E-state index in [2.05, 4.69) is 10.3 Å². The molecule has 6 rings (SSSR count). The first kappa shape index (κ1) is 30.5. The van der Waals surface area contributed by atoms with Gasteiger partial charge in [0.25, 0.3) is 0 Å². The van der Waals surface area contributed by atoms with Gasteiger partial charge in [-0.1, -0.05) is 0 Å². The molecule has 43 heavy (non-hydrogen) atoms. The summed E-state index contributed by atoms with van der Waals surface area (Å²) in [4.78, 5) is 34.9. The molecule has 3 saturated heterocycles. The zero-order chi connectivity index (χ0) is 30.2. The minimum Gasteiger partial charge on any atom is -0.449 e. The third kappa shape index (κ3) is 6.50. The molecule has 4 fully saturated rings. The predicted molar refractivity (Wildman–Crippen MR) is 147 cm³/mol. The number of ether oxygens (including phenoxy) is 3. The van der Waals surface area contributed by atoms with Crippen molar-refractivity contribution in [2.75, 3.05) is 52.7 Å². The Bertz CT molecular complexity index is 1180. The zero-order valence-electron chi connectivity index (χ0n) is 24.3. The van der Waals surface area contributed by atoms with Gasteiger partial charge in [0.05, 0.1) is 30.3 Å². The Hall–Kier alpha value is -2.48. The maximum Gasteiger partial charge on any atom is 0.417 e. The van der Waals surface area contributed by atoms with Gasteiger partial charge in [0.15, 0.2) is 0 Å². The average molecular weight is 611 g/mol. The van der Waals surface area contributed by atoms with Gasteiger partial charge >= 0.3 is 12.3 Å². The zero-order valence-corrected chi connectivity index (χ0v) is 24.3. The third-order valence-corrected chi connectivity index (χ3v) is 10.1. The number of halogens is 3. The summed E-state index contributed by atoms with van der Waals surface area (Å²) in [6.07, 6.45) is 0.0870. The number of hydrogen-bond donors (Lipinski definition) is 2. The molecular formula is C30H41F3N4O6. The van der Waals surface area contributed by atoms with Crippen molar-refractivity contribution >= 4 is 12.0 Å². The Labute approximate surface area is 249 Å². The SMILES string of the molecule is O=C(OCCC1CCOCC1)N1C[C@H]2C[C@H](N[C@@H]3CCOC[C@@H]3O)C[C@@]2(C(=O)N2CCc3ncc(C(F)(F)F)cc3C2)C1. The van der Waals surface area contributed by atoms with Crippen molar-refractivity contribution in [3.05, 3.63) is 29.1 Å². The fourth-order valence-corrected chi connectivity index (χ4v) is 7.70. The summed E-state index contributed by atoms with van der Waals surface area (Å²) >= 11 is 0. The molecule has 1 aromatic rings. The van der Waals surface area contributed by atoms with E-state index in [1.807, 2.05) is 0 Å². The highest BCUT2D eigenvalue weighted by molar-refractivity contribution is 5.86. The summed E-state index contributed by atoms with van der Waals surface area (Å²) in [7, 11) is 0. The van der Waals surface area contributed by atoms with Crippen LogP contribution in [0.3, 0.4) is 0 Å². The van der Waals surface area contributed by atoms with Gasteiger partial charge in [-0.2, -0.15) is 13.2 Å². The van der Waals surface area contributed by atoms with Gasteiger partial charge in [-0.05, 0) is 62.0 Å². The molecule has 1 saturated carbocycles. The number of rotatable bonds is 6. The van der Waals surface area contributed by atoms with Crippen LogP contribution in [0.4, 0.5) is 18.0 Å². The molecule has 4 aliphatic heterocycles. The molecular weight excluding hydrogens is 569 g/mol. The van der Waals surface area contributed by atoms with E-state index < -0.39 is 29.4 Å². The van der Waals surface area contributed by atoms with Crippen LogP contribution in [0.2, 0.25) is 0 Å². The van der Waals surface area contributed by atoms with Crippen molar-refractivity contribution in [2.24, 2.45) is 17.3 Å². The number of nitrogens with zero attached hydrogens (tertiary/aromatic N) is 3. The lowest BCUT2D eigenvalue weighted by molar-refractivity contribution is -0.143. The Morgan fingerprint density at radius 1 is 1.16 bits per heavy atom. The summed E-state index contributed by atoms with van der Waals surface area (Å²) in [6, 6.07) is 0.901. The molecule has 238 valence electrons. The number of aliphatic hydroxyl groups is 1. The van der Waals surface area contributed by atoms with E-state index in [9.17, 15) is 27.9 Å². The van der Waals surface area contributed by atoms with Crippen LogP contribution in [0.1, 0.15) is 55.3 Å². The maximum atomic E-state index is 14.4. The van der Waals surface area contributed by atoms with Crippen LogP contribution < -0.4 is 5.32 Å². The highest BCUT2D eigenvalue weighted by atomic mass is 19.4. The van der Waals surface area contributed by atoms with Crippen LogP contribution >= 0.6 is 0 Å².